The van der Waals surface area contributed by atoms with E-state index < -0.39 is 6.10 Å². The van der Waals surface area contributed by atoms with Crippen molar-refractivity contribution in [3.8, 4) is 5.69 Å². The Morgan fingerprint density at radius 2 is 1.64 bits per heavy atom. The summed E-state index contributed by atoms with van der Waals surface area (Å²) in [6.45, 7) is 8.72. The molecule has 4 aliphatic carbocycles. The molecule has 280 valence electrons. The molecule has 3 unspecified atom stereocenters. The molecule has 2 aromatic heterocycles. The Kier molecular flexibility index (Phi) is 8.61. The predicted octanol–water partition coefficient (Wildman–Crippen LogP) is 11.4. The van der Waals surface area contributed by atoms with Crippen LogP contribution in [-0.2, 0) is 25.8 Å². The molecule has 0 amide bonds. The van der Waals surface area contributed by atoms with Gasteiger partial charge in [-0.15, -0.1) is 11.3 Å². The topological polar surface area (TPSA) is 75.9 Å². The first-order valence-corrected chi connectivity index (χ1v) is 21.1. The number of aliphatic hydroxyl groups is 1. The second-order valence-electron chi connectivity index (χ2n) is 16.4. The van der Waals surface area contributed by atoms with Crippen molar-refractivity contribution in [2.24, 2.45) is 27.6 Å². The number of rotatable bonds is 5. The molecular formula is C50H48N4OS. The number of nitrogens with two attached hydrogens (primary N) is 1. The normalized spacial score (nSPS) is 21.5. The molecule has 2 heterocycles. The molecule has 56 heavy (non-hydrogen) atoms. The molecule has 6 heteroatoms. The third-order valence-corrected chi connectivity index (χ3v) is 14.4. The van der Waals surface area contributed by atoms with E-state index in [1.54, 1.807) is 0 Å². The second-order valence-corrected chi connectivity index (χ2v) is 17.4. The Morgan fingerprint density at radius 3 is 2.52 bits per heavy atom. The van der Waals surface area contributed by atoms with E-state index in [2.05, 4.69) is 122 Å². The van der Waals surface area contributed by atoms with Gasteiger partial charge in [0.05, 0.1) is 18.2 Å². The molecule has 0 spiro atoms. The lowest BCUT2D eigenvalue weighted by atomic mass is 9.78. The number of thiophene rings is 1. The zero-order chi connectivity index (χ0) is 38.2. The van der Waals surface area contributed by atoms with Crippen molar-refractivity contribution >= 4 is 59.7 Å². The van der Waals surface area contributed by atoms with Crippen molar-refractivity contribution in [3.63, 3.8) is 0 Å². The van der Waals surface area contributed by atoms with Crippen molar-refractivity contribution < 1.29 is 5.11 Å². The first kappa shape index (κ1) is 35.1. The first-order chi connectivity index (χ1) is 27.3. The molecule has 0 bridgehead atoms. The summed E-state index contributed by atoms with van der Waals surface area (Å²) in [4.78, 5) is 10.6. The highest BCUT2D eigenvalue weighted by Crippen LogP contribution is 2.45. The number of allylic oxidation sites excluding steroid dienone is 3. The van der Waals surface area contributed by atoms with Gasteiger partial charge in [0.2, 0.25) is 0 Å². The van der Waals surface area contributed by atoms with Crippen LogP contribution in [0.1, 0.15) is 74.9 Å². The number of aryl methyl sites for hydroxylation is 1. The zero-order valence-electron chi connectivity index (χ0n) is 32.7. The number of hydrogen-bond donors (Lipinski definition) is 2. The standard InChI is InChI=1S/C50H48N4OS/c1-28-30(3)48(55)31(4)29(2)47(28)49(51)53-50(52-27-32-20-23-46-41(24-32)39-14-7-10-19-45(39)56-46)33-21-22-35-34(25-33)26-40-36(35)15-11-18-44(40)54-42-16-8-5-12-37(42)38-13-6-9-17-43(38)54/h5,7-8,10-12,14-16,18-24,30,33,48,55H,6,9,13,17,25-27H2,1-4H3,(H2,51,52,53). The second kappa shape index (κ2) is 13.7. The molecule has 0 fully saturated rings. The highest BCUT2D eigenvalue weighted by molar-refractivity contribution is 7.25. The van der Waals surface area contributed by atoms with Crippen LogP contribution in [0.3, 0.4) is 0 Å². The molecular weight excluding hydrogens is 705 g/mol. The predicted molar refractivity (Wildman–Crippen MR) is 236 cm³/mol. The van der Waals surface area contributed by atoms with E-state index in [9.17, 15) is 5.11 Å². The summed E-state index contributed by atoms with van der Waals surface area (Å²) in [6, 6.07) is 31.3. The number of aliphatic hydroxyl groups excluding tert-OH is 1. The van der Waals surface area contributed by atoms with Gasteiger partial charge in [-0.05, 0) is 129 Å². The lowest BCUT2D eigenvalue weighted by molar-refractivity contribution is 0.164. The summed E-state index contributed by atoms with van der Waals surface area (Å²) in [5.74, 6) is 1.18. The van der Waals surface area contributed by atoms with Crippen molar-refractivity contribution in [1.29, 1.82) is 0 Å². The number of benzene rings is 4. The molecule has 3 N–H and O–H groups in total. The third-order valence-electron chi connectivity index (χ3n) is 13.2. The van der Waals surface area contributed by atoms with Crippen LogP contribution in [0.4, 0.5) is 0 Å². The maximum absolute atomic E-state index is 10.9. The van der Waals surface area contributed by atoms with E-state index in [4.69, 9.17) is 15.7 Å². The summed E-state index contributed by atoms with van der Waals surface area (Å²) in [5.41, 5.74) is 23.4. The van der Waals surface area contributed by atoms with Gasteiger partial charge in [-0.3, -0.25) is 4.99 Å². The van der Waals surface area contributed by atoms with E-state index in [1.807, 2.05) is 18.3 Å². The van der Waals surface area contributed by atoms with E-state index >= 15 is 0 Å². The van der Waals surface area contributed by atoms with Gasteiger partial charge < -0.3 is 15.4 Å². The molecule has 0 saturated heterocycles. The van der Waals surface area contributed by atoms with Crippen molar-refractivity contribution in [3.05, 3.63) is 153 Å². The number of nitrogens with zero attached hydrogens (tertiary/aromatic N) is 3. The monoisotopic (exact) mass is 752 g/mol. The molecule has 10 rings (SSSR count). The van der Waals surface area contributed by atoms with Crippen molar-refractivity contribution in [2.45, 2.75) is 78.9 Å². The molecule has 0 saturated carbocycles. The molecule has 4 aliphatic rings. The Morgan fingerprint density at radius 1 is 0.857 bits per heavy atom. The number of fused-ring (bicyclic) bond motifs is 8. The summed E-state index contributed by atoms with van der Waals surface area (Å²) in [7, 11) is 0. The Bertz CT molecular complexity index is 2820. The summed E-state index contributed by atoms with van der Waals surface area (Å²) < 4.78 is 5.18. The Balaban J connectivity index is 1.02. The minimum atomic E-state index is -0.515. The average molecular weight is 753 g/mol. The van der Waals surface area contributed by atoms with Crippen LogP contribution in [0.15, 0.2) is 135 Å². The van der Waals surface area contributed by atoms with Gasteiger partial charge in [-0.25, -0.2) is 4.99 Å². The van der Waals surface area contributed by atoms with E-state index in [0.29, 0.717) is 12.4 Å². The van der Waals surface area contributed by atoms with Crippen molar-refractivity contribution in [1.82, 2.24) is 4.57 Å². The van der Waals surface area contributed by atoms with Crippen LogP contribution in [0.25, 0.3) is 42.3 Å². The van der Waals surface area contributed by atoms with Gasteiger partial charge in [-0.1, -0.05) is 84.8 Å². The third kappa shape index (κ3) is 5.60. The van der Waals surface area contributed by atoms with Crippen LogP contribution in [-0.4, -0.2) is 27.4 Å². The molecule has 4 aromatic carbocycles. The summed E-state index contributed by atoms with van der Waals surface area (Å²) in [5, 5.41) is 14.9. The molecule has 6 aromatic rings. The zero-order valence-corrected chi connectivity index (χ0v) is 33.5. The minimum Gasteiger partial charge on any atom is -0.388 e. The molecule has 3 atom stereocenters. The van der Waals surface area contributed by atoms with Crippen LogP contribution >= 0.6 is 11.3 Å². The van der Waals surface area contributed by atoms with Gasteiger partial charge in [-0.2, -0.15) is 0 Å². The number of para-hydroxylation sites is 1. The summed E-state index contributed by atoms with van der Waals surface area (Å²) >= 11 is 1.84. The Hall–Kier alpha value is -5.30. The maximum Gasteiger partial charge on any atom is 0.133 e. The smallest absolute Gasteiger partial charge is 0.133 e. The van der Waals surface area contributed by atoms with E-state index in [0.717, 1.165) is 59.4 Å². The lowest BCUT2D eigenvalue weighted by Gasteiger charge is -2.31. The molecule has 0 radical (unpaired) electrons. The SMILES string of the molecule is CC1=C(C)C(O)C(C)C(C)=C1/C(N)=N/C(=N\Cc1ccc2sc3ccccc3c2c1)C1C=CC2=C(Cc3c2cccc3-n2c3c(c4ccccc42)CCCC3)C1. The van der Waals surface area contributed by atoms with Crippen LogP contribution in [0, 0.1) is 11.8 Å². The minimum absolute atomic E-state index is 0.0196. The number of aromatic nitrogens is 1. The number of amidine groups is 2. The van der Waals surface area contributed by atoms with Crippen LogP contribution in [0.5, 0.6) is 0 Å². The first-order valence-electron chi connectivity index (χ1n) is 20.3. The van der Waals surface area contributed by atoms with Gasteiger partial charge in [0, 0.05) is 54.3 Å². The maximum atomic E-state index is 10.9. The van der Waals surface area contributed by atoms with Gasteiger partial charge >= 0.3 is 0 Å². The van der Waals surface area contributed by atoms with E-state index in [1.165, 1.54) is 83.1 Å². The lowest BCUT2D eigenvalue weighted by Crippen LogP contribution is -2.31. The molecule has 0 aliphatic heterocycles. The van der Waals surface area contributed by atoms with Gasteiger partial charge in [0.25, 0.3) is 0 Å². The Labute approximate surface area is 333 Å². The highest BCUT2D eigenvalue weighted by Gasteiger charge is 2.33. The fourth-order valence-corrected chi connectivity index (χ4v) is 11.1. The van der Waals surface area contributed by atoms with Crippen LogP contribution < -0.4 is 5.73 Å². The average Bonchev–Trinajstić information content (AvgIpc) is 3.90. The van der Waals surface area contributed by atoms with E-state index in [-0.39, 0.29) is 11.8 Å². The summed E-state index contributed by atoms with van der Waals surface area (Å²) in [6.07, 6.45) is 10.7. The molecule has 5 nitrogen and oxygen atoms in total. The van der Waals surface area contributed by atoms with Gasteiger partial charge in [0.1, 0.15) is 11.7 Å². The fraction of sp³-hybridized carbons (Fsp3) is 0.280. The fourth-order valence-electron chi connectivity index (χ4n) is 10.0. The number of hydrogen-bond acceptors (Lipinski definition) is 3. The largest absolute Gasteiger partial charge is 0.388 e. The van der Waals surface area contributed by atoms with Crippen LogP contribution in [0.2, 0.25) is 0 Å². The van der Waals surface area contributed by atoms with Crippen molar-refractivity contribution in [2.75, 3.05) is 0 Å². The quantitative estimate of drug-likeness (QED) is 0.136. The number of aliphatic imine (C=N–C) groups is 2. The highest BCUT2D eigenvalue weighted by atomic mass is 32.1. The van der Waals surface area contributed by atoms with Gasteiger partial charge in [0.15, 0.2) is 0 Å².